The van der Waals surface area contributed by atoms with E-state index in [1.165, 1.54) is 0 Å². The molecule has 136 valence electrons. The molecule has 3 fully saturated rings. The van der Waals surface area contributed by atoms with E-state index in [0.29, 0.717) is 50.8 Å². The Morgan fingerprint density at radius 2 is 2.20 bits per heavy atom. The Labute approximate surface area is 147 Å². The van der Waals surface area contributed by atoms with Crippen molar-refractivity contribution >= 4 is 12.0 Å². The lowest BCUT2D eigenvalue weighted by molar-refractivity contribution is -0.0530. The lowest BCUT2D eigenvalue weighted by Crippen LogP contribution is -2.50. The first kappa shape index (κ1) is 16.5. The largest absolute Gasteiger partial charge is 0.377 e. The van der Waals surface area contributed by atoms with E-state index in [4.69, 9.17) is 9.47 Å². The van der Waals surface area contributed by atoms with Crippen LogP contribution in [0.15, 0.2) is 18.5 Å². The van der Waals surface area contributed by atoms with Crippen LogP contribution >= 0.6 is 0 Å². The summed E-state index contributed by atoms with van der Waals surface area (Å²) in [5, 5.41) is 6.32. The van der Waals surface area contributed by atoms with E-state index in [-0.39, 0.29) is 6.03 Å². The number of amides is 2. The lowest BCUT2D eigenvalue weighted by atomic mass is 9.94. The van der Waals surface area contributed by atoms with Crippen LogP contribution in [0, 0.1) is 5.92 Å². The van der Waals surface area contributed by atoms with Crippen molar-refractivity contribution < 1.29 is 14.3 Å². The fourth-order valence-electron chi connectivity index (χ4n) is 3.48. The fraction of sp³-hybridized carbons (Fsp3) is 0.706. The Balaban J connectivity index is 1.33. The summed E-state index contributed by atoms with van der Waals surface area (Å²) in [4.78, 5) is 22.6. The predicted molar refractivity (Wildman–Crippen MR) is 91.3 cm³/mol. The number of hydrogen-bond acceptors (Lipinski definition) is 6. The molecular formula is C17H25N5O3. The highest BCUT2D eigenvalue weighted by atomic mass is 16.5. The van der Waals surface area contributed by atoms with Crippen LogP contribution in [0.3, 0.4) is 0 Å². The van der Waals surface area contributed by atoms with Gasteiger partial charge in [-0.15, -0.1) is 0 Å². The van der Waals surface area contributed by atoms with Gasteiger partial charge in [0.25, 0.3) is 0 Å². The van der Waals surface area contributed by atoms with Crippen molar-refractivity contribution in [1.82, 2.24) is 20.2 Å². The van der Waals surface area contributed by atoms with Gasteiger partial charge in [-0.2, -0.15) is 0 Å². The summed E-state index contributed by atoms with van der Waals surface area (Å²) < 4.78 is 11.9. The molecule has 1 saturated carbocycles. The van der Waals surface area contributed by atoms with E-state index >= 15 is 0 Å². The van der Waals surface area contributed by atoms with Crippen molar-refractivity contribution in [2.45, 2.75) is 30.9 Å². The number of nitrogens with zero attached hydrogens (tertiary/aromatic N) is 3. The van der Waals surface area contributed by atoms with Gasteiger partial charge >= 0.3 is 6.03 Å². The Bertz CT molecular complexity index is 597. The third kappa shape index (κ3) is 4.19. The number of aromatic nitrogens is 2. The molecule has 8 nitrogen and oxygen atoms in total. The van der Waals surface area contributed by atoms with Crippen molar-refractivity contribution in [2.75, 3.05) is 44.8 Å². The number of carbonyl (C=O) groups excluding carboxylic acids is 1. The third-order valence-electron chi connectivity index (χ3n) is 4.94. The average Bonchev–Trinajstić information content (AvgIpc) is 3.38. The quantitative estimate of drug-likeness (QED) is 0.840. The summed E-state index contributed by atoms with van der Waals surface area (Å²) in [7, 11) is 0. The Hall–Kier alpha value is -1.93. The molecule has 8 heteroatoms. The van der Waals surface area contributed by atoms with Crippen molar-refractivity contribution in [1.29, 1.82) is 0 Å². The minimum absolute atomic E-state index is 0.00948. The number of urea groups is 1. The van der Waals surface area contributed by atoms with E-state index in [1.54, 1.807) is 18.5 Å². The van der Waals surface area contributed by atoms with Gasteiger partial charge in [-0.1, -0.05) is 0 Å². The normalized spacial score (nSPS) is 29.4. The maximum Gasteiger partial charge on any atom is 0.317 e. The first-order valence-electron chi connectivity index (χ1n) is 9.00. The lowest BCUT2D eigenvalue weighted by Gasteiger charge is -2.31. The van der Waals surface area contributed by atoms with Crippen LogP contribution in [0.25, 0.3) is 0 Å². The molecule has 25 heavy (non-hydrogen) atoms. The topological polar surface area (TPSA) is 88.6 Å². The molecular weight excluding hydrogens is 322 g/mol. The second kappa shape index (κ2) is 7.13. The van der Waals surface area contributed by atoms with Gasteiger partial charge in [0.2, 0.25) is 5.95 Å². The summed E-state index contributed by atoms with van der Waals surface area (Å²) >= 11 is 0. The van der Waals surface area contributed by atoms with E-state index in [1.807, 2.05) is 4.90 Å². The molecule has 2 saturated heterocycles. The highest BCUT2D eigenvalue weighted by molar-refractivity contribution is 5.75. The summed E-state index contributed by atoms with van der Waals surface area (Å²) in [6.07, 6.45) is 6.48. The van der Waals surface area contributed by atoms with Crippen LogP contribution < -0.4 is 10.6 Å². The smallest absolute Gasteiger partial charge is 0.317 e. The predicted octanol–water partition coefficient (Wildman–Crippen LogP) is 0.868. The third-order valence-corrected chi connectivity index (χ3v) is 4.94. The molecule has 0 aromatic carbocycles. The number of nitrogens with one attached hydrogen (secondary N) is 2. The molecule has 1 aromatic rings. The van der Waals surface area contributed by atoms with E-state index in [2.05, 4.69) is 20.6 Å². The van der Waals surface area contributed by atoms with E-state index < -0.39 is 5.60 Å². The number of carbonyl (C=O) groups is 1. The Kier molecular flexibility index (Phi) is 4.72. The number of hydrogen-bond donors (Lipinski definition) is 2. The van der Waals surface area contributed by atoms with Crippen molar-refractivity contribution in [3.05, 3.63) is 18.5 Å². The van der Waals surface area contributed by atoms with Gasteiger partial charge in [0.05, 0.1) is 26.4 Å². The molecule has 0 bridgehead atoms. The van der Waals surface area contributed by atoms with Gasteiger partial charge in [0, 0.05) is 37.4 Å². The molecule has 0 radical (unpaired) electrons. The van der Waals surface area contributed by atoms with Crippen LogP contribution in [0.5, 0.6) is 0 Å². The molecule has 2 N–H and O–H groups in total. The summed E-state index contributed by atoms with van der Waals surface area (Å²) in [5.41, 5.74) is -0.402. The molecule has 3 aliphatic rings. The standard InChI is InChI=1S/C17H25N5O3/c23-16(21-14-2-3-14)22-6-7-24-12-17(11-22)8-13(10-25-17)9-20-15-18-4-1-5-19-15/h1,4-5,13-14H,2-3,6-12H2,(H,21,23)(H,18,19,20). The SMILES string of the molecule is O=C(NC1CC1)N1CCOCC2(CC(CNc3ncccn3)CO2)C1. The highest BCUT2D eigenvalue weighted by Gasteiger charge is 2.44. The number of ether oxygens (including phenoxy) is 2. The molecule has 2 aliphatic heterocycles. The van der Waals surface area contributed by atoms with Crippen molar-refractivity contribution in [3.63, 3.8) is 0 Å². The monoisotopic (exact) mass is 347 g/mol. The van der Waals surface area contributed by atoms with Crippen LogP contribution in [0.1, 0.15) is 19.3 Å². The summed E-state index contributed by atoms with van der Waals surface area (Å²) in [5.74, 6) is 0.977. The molecule has 2 unspecified atom stereocenters. The zero-order valence-electron chi connectivity index (χ0n) is 14.3. The molecule has 2 atom stereocenters. The van der Waals surface area contributed by atoms with Crippen molar-refractivity contribution in [3.8, 4) is 0 Å². The average molecular weight is 347 g/mol. The van der Waals surface area contributed by atoms with Gasteiger partial charge in [-0.05, 0) is 25.3 Å². The molecule has 1 spiro atoms. The Morgan fingerprint density at radius 1 is 1.36 bits per heavy atom. The van der Waals surface area contributed by atoms with Crippen LogP contribution in [0.2, 0.25) is 0 Å². The molecule has 2 amide bonds. The summed E-state index contributed by atoms with van der Waals surface area (Å²) in [6, 6.07) is 2.17. The minimum atomic E-state index is -0.402. The van der Waals surface area contributed by atoms with Crippen molar-refractivity contribution in [2.24, 2.45) is 5.92 Å². The second-order valence-electron chi connectivity index (χ2n) is 7.22. The van der Waals surface area contributed by atoms with E-state index in [9.17, 15) is 4.79 Å². The zero-order valence-corrected chi connectivity index (χ0v) is 14.3. The van der Waals surface area contributed by atoms with Crippen LogP contribution in [0.4, 0.5) is 10.7 Å². The van der Waals surface area contributed by atoms with Gasteiger partial charge in [-0.25, -0.2) is 14.8 Å². The fourth-order valence-corrected chi connectivity index (χ4v) is 3.48. The maximum atomic E-state index is 12.4. The summed E-state index contributed by atoms with van der Waals surface area (Å²) in [6.45, 7) is 3.71. The van der Waals surface area contributed by atoms with Gasteiger partial charge < -0.3 is 25.0 Å². The molecule has 1 aromatic heterocycles. The van der Waals surface area contributed by atoms with Crippen LogP contribution in [-0.4, -0.2) is 72.0 Å². The highest BCUT2D eigenvalue weighted by Crippen LogP contribution is 2.33. The molecule has 1 aliphatic carbocycles. The zero-order chi connectivity index (χ0) is 17.1. The maximum absolute atomic E-state index is 12.4. The first-order valence-corrected chi connectivity index (χ1v) is 9.00. The molecule has 3 heterocycles. The Morgan fingerprint density at radius 3 is 3.00 bits per heavy atom. The van der Waals surface area contributed by atoms with Crippen LogP contribution in [-0.2, 0) is 9.47 Å². The number of rotatable bonds is 4. The van der Waals surface area contributed by atoms with Gasteiger partial charge in [0.15, 0.2) is 0 Å². The minimum Gasteiger partial charge on any atom is -0.377 e. The second-order valence-corrected chi connectivity index (χ2v) is 7.22. The van der Waals surface area contributed by atoms with Gasteiger partial charge in [0.1, 0.15) is 5.60 Å². The van der Waals surface area contributed by atoms with Gasteiger partial charge in [-0.3, -0.25) is 0 Å². The van der Waals surface area contributed by atoms with E-state index in [0.717, 1.165) is 25.8 Å². The number of anilines is 1. The molecule has 4 rings (SSSR count). The first-order chi connectivity index (χ1) is 12.2.